The predicted molar refractivity (Wildman–Crippen MR) is 123 cm³/mol. The van der Waals surface area contributed by atoms with Crippen LogP contribution in [-0.2, 0) is 16.1 Å². The first-order valence-corrected chi connectivity index (χ1v) is 11.0. The summed E-state index contributed by atoms with van der Waals surface area (Å²) in [7, 11) is 0. The van der Waals surface area contributed by atoms with E-state index in [9.17, 15) is 4.79 Å². The van der Waals surface area contributed by atoms with Gasteiger partial charge in [-0.2, -0.15) is 10.1 Å². The van der Waals surface area contributed by atoms with Gasteiger partial charge in [0.15, 0.2) is 0 Å². The lowest BCUT2D eigenvalue weighted by atomic mass is 9.96. The zero-order valence-electron chi connectivity index (χ0n) is 18.0. The summed E-state index contributed by atoms with van der Waals surface area (Å²) in [5, 5.41) is 8.16. The maximum absolute atomic E-state index is 12.9. The number of rotatable bonds is 8. The molecule has 32 heavy (non-hydrogen) atoms. The Hall–Kier alpha value is -3.32. The average Bonchev–Trinajstić information content (AvgIpc) is 3.26. The van der Waals surface area contributed by atoms with Gasteiger partial charge in [-0.1, -0.05) is 55.3 Å². The fraction of sp³-hybridized carbons (Fsp3) is 0.292. The molecule has 3 aromatic rings. The minimum Gasteiger partial charge on any atom is -0.489 e. The van der Waals surface area contributed by atoms with E-state index in [1.165, 1.54) is 6.33 Å². The molecule has 0 aliphatic carbocycles. The second-order valence-corrected chi connectivity index (χ2v) is 7.94. The molecule has 0 spiro atoms. The number of carbonyl (C=O) groups is 1. The van der Waals surface area contributed by atoms with E-state index in [2.05, 4.69) is 22.3 Å². The molecule has 0 fully saturated rings. The lowest BCUT2D eigenvalue weighted by molar-refractivity contribution is -0.139. The van der Waals surface area contributed by atoms with Crippen LogP contribution in [0, 0.1) is 0 Å². The summed E-state index contributed by atoms with van der Waals surface area (Å²) in [6.07, 6.45) is 3.24. The number of nitrogens with one attached hydrogen (secondary N) is 1. The van der Waals surface area contributed by atoms with Crippen LogP contribution < -0.4 is 10.1 Å². The number of unbranched alkanes of at least 4 members (excludes halogenated alkanes) is 1. The molecule has 0 amide bonds. The maximum atomic E-state index is 12.9. The molecule has 1 aromatic heterocycles. The first-order valence-electron chi connectivity index (χ1n) is 10.6. The number of halogens is 1. The lowest BCUT2D eigenvalue weighted by Gasteiger charge is -2.28. The second-order valence-electron chi connectivity index (χ2n) is 7.53. The molecule has 2 heterocycles. The van der Waals surface area contributed by atoms with E-state index in [1.54, 1.807) is 4.68 Å². The third-order valence-electron chi connectivity index (χ3n) is 5.29. The van der Waals surface area contributed by atoms with Crippen LogP contribution in [0.5, 0.6) is 5.75 Å². The summed E-state index contributed by atoms with van der Waals surface area (Å²) in [5.41, 5.74) is 3.02. The molecule has 1 unspecified atom stereocenters. The van der Waals surface area contributed by atoms with Gasteiger partial charge in [0.2, 0.25) is 5.95 Å². The van der Waals surface area contributed by atoms with Crippen LogP contribution >= 0.6 is 11.6 Å². The topological polar surface area (TPSA) is 78.3 Å². The van der Waals surface area contributed by atoms with E-state index in [0.717, 1.165) is 24.0 Å². The van der Waals surface area contributed by atoms with Crippen LogP contribution in [0.2, 0.25) is 5.02 Å². The number of aromatic nitrogens is 3. The van der Waals surface area contributed by atoms with Crippen molar-refractivity contribution >= 4 is 23.5 Å². The summed E-state index contributed by atoms with van der Waals surface area (Å²) in [6.45, 7) is 4.66. The summed E-state index contributed by atoms with van der Waals surface area (Å²) >= 11 is 6.21. The van der Waals surface area contributed by atoms with Crippen LogP contribution in [0.3, 0.4) is 0 Å². The molecule has 0 radical (unpaired) electrons. The van der Waals surface area contributed by atoms with Crippen molar-refractivity contribution in [3.63, 3.8) is 0 Å². The molecular weight excluding hydrogens is 428 g/mol. The fourth-order valence-electron chi connectivity index (χ4n) is 3.57. The highest BCUT2D eigenvalue weighted by Gasteiger charge is 2.34. The van der Waals surface area contributed by atoms with Crippen molar-refractivity contribution < 1.29 is 14.3 Å². The van der Waals surface area contributed by atoms with E-state index in [-0.39, 0.29) is 5.97 Å². The molecule has 2 aromatic carbocycles. The van der Waals surface area contributed by atoms with Crippen LogP contribution in [0.15, 0.2) is 66.1 Å². The zero-order valence-corrected chi connectivity index (χ0v) is 18.8. The Balaban J connectivity index is 1.57. The number of hydrogen-bond acceptors (Lipinski definition) is 6. The Morgan fingerprint density at radius 2 is 1.97 bits per heavy atom. The van der Waals surface area contributed by atoms with Crippen molar-refractivity contribution in [2.45, 2.75) is 39.3 Å². The number of ether oxygens (including phenoxy) is 2. The molecule has 8 heteroatoms. The number of benzene rings is 2. The minimum absolute atomic E-state index is 0.353. The highest BCUT2D eigenvalue weighted by Crippen LogP contribution is 2.35. The van der Waals surface area contributed by atoms with Gasteiger partial charge < -0.3 is 14.8 Å². The summed E-state index contributed by atoms with van der Waals surface area (Å²) in [6, 6.07) is 14.7. The first-order chi connectivity index (χ1) is 15.6. The van der Waals surface area contributed by atoms with Gasteiger partial charge >= 0.3 is 5.97 Å². The van der Waals surface area contributed by atoms with Crippen LogP contribution in [0.25, 0.3) is 0 Å². The number of nitrogens with zero attached hydrogens (tertiary/aromatic N) is 3. The average molecular weight is 453 g/mol. The molecule has 7 nitrogen and oxygen atoms in total. The Kier molecular flexibility index (Phi) is 6.75. The Morgan fingerprint density at radius 1 is 1.19 bits per heavy atom. The standard InChI is InChI=1S/C24H25ClN4O3/c1-3-4-13-31-23(30)21-16(2)28-24-26-15-27-29(24)22(21)17-9-11-19(12-10-17)32-14-18-7-5-6-8-20(18)25/h5-12,15,22H,3-4,13-14H2,1-2H3,(H,26,27,28). The molecule has 1 aliphatic rings. The van der Waals surface area contributed by atoms with Crippen LogP contribution in [0.1, 0.15) is 43.9 Å². The zero-order chi connectivity index (χ0) is 22.5. The predicted octanol–water partition coefficient (Wildman–Crippen LogP) is 5.14. The normalized spacial score (nSPS) is 15.2. The number of esters is 1. The molecule has 4 rings (SSSR count). The van der Waals surface area contributed by atoms with Crippen LogP contribution in [-0.4, -0.2) is 27.3 Å². The summed E-state index contributed by atoms with van der Waals surface area (Å²) in [4.78, 5) is 17.2. The SMILES string of the molecule is CCCCOC(=O)C1=C(C)Nc2ncnn2C1c1ccc(OCc2ccccc2Cl)cc1. The van der Waals surface area contributed by atoms with Crippen molar-refractivity contribution in [2.24, 2.45) is 0 Å². The summed E-state index contributed by atoms with van der Waals surface area (Å²) in [5.74, 6) is 0.930. The maximum Gasteiger partial charge on any atom is 0.338 e. The van der Waals surface area contributed by atoms with Gasteiger partial charge in [0, 0.05) is 16.3 Å². The van der Waals surface area contributed by atoms with E-state index < -0.39 is 6.04 Å². The molecule has 0 saturated heterocycles. The van der Waals surface area contributed by atoms with E-state index in [4.69, 9.17) is 21.1 Å². The molecule has 0 bridgehead atoms. The monoisotopic (exact) mass is 452 g/mol. The molecular formula is C24H25ClN4O3. The van der Waals surface area contributed by atoms with Gasteiger partial charge in [-0.15, -0.1) is 0 Å². The first kappa shape index (κ1) is 21.9. The van der Waals surface area contributed by atoms with Crippen molar-refractivity contribution in [2.75, 3.05) is 11.9 Å². The van der Waals surface area contributed by atoms with Gasteiger partial charge in [-0.05, 0) is 37.1 Å². The van der Waals surface area contributed by atoms with Crippen molar-refractivity contribution in [1.82, 2.24) is 14.8 Å². The highest BCUT2D eigenvalue weighted by molar-refractivity contribution is 6.31. The van der Waals surface area contributed by atoms with E-state index >= 15 is 0 Å². The van der Waals surface area contributed by atoms with E-state index in [0.29, 0.717) is 41.2 Å². The molecule has 1 aliphatic heterocycles. The number of hydrogen-bond donors (Lipinski definition) is 1. The highest BCUT2D eigenvalue weighted by atomic mass is 35.5. The van der Waals surface area contributed by atoms with Crippen LogP contribution in [0.4, 0.5) is 5.95 Å². The third kappa shape index (κ3) is 4.62. The van der Waals surface area contributed by atoms with Crippen molar-refractivity contribution in [3.8, 4) is 5.75 Å². The molecule has 1 N–H and O–H groups in total. The molecule has 166 valence electrons. The third-order valence-corrected chi connectivity index (χ3v) is 5.66. The summed E-state index contributed by atoms with van der Waals surface area (Å²) < 4.78 is 13.1. The smallest absolute Gasteiger partial charge is 0.338 e. The number of anilines is 1. The fourth-order valence-corrected chi connectivity index (χ4v) is 3.76. The number of fused-ring (bicyclic) bond motifs is 1. The molecule has 0 saturated carbocycles. The van der Waals surface area contributed by atoms with Crippen molar-refractivity contribution in [1.29, 1.82) is 0 Å². The minimum atomic E-state index is -0.444. The second kappa shape index (κ2) is 9.87. The number of carbonyl (C=O) groups excluding carboxylic acids is 1. The Bertz CT molecular complexity index is 1120. The Morgan fingerprint density at radius 3 is 2.72 bits per heavy atom. The van der Waals surface area contributed by atoms with Gasteiger partial charge in [-0.3, -0.25) is 0 Å². The lowest BCUT2D eigenvalue weighted by Crippen LogP contribution is -2.29. The van der Waals surface area contributed by atoms with Gasteiger partial charge in [0.1, 0.15) is 24.7 Å². The largest absolute Gasteiger partial charge is 0.489 e. The van der Waals surface area contributed by atoms with Gasteiger partial charge in [0.05, 0.1) is 12.2 Å². The van der Waals surface area contributed by atoms with Gasteiger partial charge in [0.25, 0.3) is 0 Å². The van der Waals surface area contributed by atoms with Gasteiger partial charge in [-0.25, -0.2) is 9.48 Å². The number of allylic oxidation sites excluding steroid dienone is 1. The molecule has 1 atom stereocenters. The Labute approximate surface area is 192 Å². The van der Waals surface area contributed by atoms with E-state index in [1.807, 2.05) is 55.5 Å². The quantitative estimate of drug-likeness (QED) is 0.376. The van der Waals surface area contributed by atoms with Crippen molar-refractivity contribution in [3.05, 3.63) is 82.3 Å².